The molecule has 0 aromatic carbocycles. The van der Waals surface area contributed by atoms with Crippen LogP contribution in [0, 0.1) is 0 Å². The maximum Gasteiger partial charge on any atom is 0.0366 e. The molecule has 0 radical (unpaired) electrons. The number of hydrogen-bond acceptors (Lipinski definition) is 2. The summed E-state index contributed by atoms with van der Waals surface area (Å²) in [5.74, 6) is 0. The number of rotatable bonds is 1. The molecule has 0 bridgehead atoms. The molecule has 1 aliphatic heterocycles. The van der Waals surface area contributed by atoms with Crippen molar-refractivity contribution in [3.63, 3.8) is 0 Å². The summed E-state index contributed by atoms with van der Waals surface area (Å²) in [4.78, 5) is 6.78. The zero-order chi connectivity index (χ0) is 9.60. The first-order valence-corrected chi connectivity index (χ1v) is 5.45. The van der Waals surface area contributed by atoms with Gasteiger partial charge in [0.25, 0.3) is 0 Å². The van der Waals surface area contributed by atoms with Crippen molar-refractivity contribution in [2.24, 2.45) is 0 Å². The molecule has 0 amide bonds. The van der Waals surface area contributed by atoms with Crippen molar-refractivity contribution >= 4 is 0 Å². The normalized spacial score (nSPS) is 29.6. The SMILES string of the molecule is CN1[C@H](c2cccnc2)CCC12CC2. The zero-order valence-electron chi connectivity index (χ0n) is 8.61. The van der Waals surface area contributed by atoms with E-state index in [0.717, 1.165) is 0 Å². The Bertz CT molecular complexity index is 329. The predicted molar refractivity (Wildman–Crippen MR) is 55.9 cm³/mol. The minimum Gasteiger partial charge on any atom is -0.294 e. The quantitative estimate of drug-likeness (QED) is 0.672. The first-order chi connectivity index (χ1) is 6.82. The monoisotopic (exact) mass is 188 g/mol. The number of likely N-dealkylation sites (tertiary alicyclic amines) is 1. The summed E-state index contributed by atoms with van der Waals surface area (Å²) in [6, 6.07) is 4.86. The van der Waals surface area contributed by atoms with Gasteiger partial charge in [-0.3, -0.25) is 9.88 Å². The van der Waals surface area contributed by atoms with E-state index in [4.69, 9.17) is 0 Å². The molecule has 3 rings (SSSR count). The highest BCUT2D eigenvalue weighted by Gasteiger charge is 2.52. The van der Waals surface area contributed by atoms with Gasteiger partial charge in [0.15, 0.2) is 0 Å². The summed E-state index contributed by atoms with van der Waals surface area (Å²) in [7, 11) is 2.28. The summed E-state index contributed by atoms with van der Waals surface area (Å²) in [5, 5.41) is 0. The summed E-state index contributed by atoms with van der Waals surface area (Å²) >= 11 is 0. The summed E-state index contributed by atoms with van der Waals surface area (Å²) in [6.45, 7) is 0. The molecule has 0 unspecified atom stereocenters. The molecule has 1 saturated carbocycles. The van der Waals surface area contributed by atoms with Gasteiger partial charge in [0.1, 0.15) is 0 Å². The summed E-state index contributed by atoms with van der Waals surface area (Å²) in [5.41, 5.74) is 1.97. The Labute approximate surface area is 85.0 Å². The van der Waals surface area contributed by atoms with E-state index in [-0.39, 0.29) is 0 Å². The van der Waals surface area contributed by atoms with Gasteiger partial charge in [-0.15, -0.1) is 0 Å². The van der Waals surface area contributed by atoms with Crippen LogP contribution in [-0.2, 0) is 0 Å². The fraction of sp³-hybridized carbons (Fsp3) is 0.583. The fourth-order valence-electron chi connectivity index (χ4n) is 2.82. The first-order valence-electron chi connectivity index (χ1n) is 5.45. The van der Waals surface area contributed by atoms with Crippen molar-refractivity contribution in [1.29, 1.82) is 0 Å². The van der Waals surface area contributed by atoms with Gasteiger partial charge in [0.2, 0.25) is 0 Å². The molecule has 2 aliphatic rings. The maximum absolute atomic E-state index is 4.21. The maximum atomic E-state index is 4.21. The molecular weight excluding hydrogens is 172 g/mol. The van der Waals surface area contributed by atoms with Crippen LogP contribution in [0.3, 0.4) is 0 Å². The van der Waals surface area contributed by atoms with Crippen molar-refractivity contribution in [2.75, 3.05) is 7.05 Å². The van der Waals surface area contributed by atoms with E-state index in [0.29, 0.717) is 11.6 Å². The standard InChI is InChI=1S/C12H16N2/c1-14-11(4-5-12(14)6-7-12)10-3-2-8-13-9-10/h2-3,8-9,11H,4-7H2,1H3/t11-/m0/s1. The van der Waals surface area contributed by atoms with Crippen LogP contribution in [0.15, 0.2) is 24.5 Å². The molecule has 2 fully saturated rings. The molecular formula is C12H16N2. The van der Waals surface area contributed by atoms with Crippen LogP contribution < -0.4 is 0 Å². The second kappa shape index (κ2) is 2.80. The number of hydrogen-bond donors (Lipinski definition) is 0. The average Bonchev–Trinajstić information content (AvgIpc) is 2.93. The molecule has 2 heteroatoms. The third kappa shape index (κ3) is 1.10. The van der Waals surface area contributed by atoms with Crippen LogP contribution in [-0.4, -0.2) is 22.5 Å². The fourth-order valence-corrected chi connectivity index (χ4v) is 2.82. The van der Waals surface area contributed by atoms with Crippen LogP contribution in [0.2, 0.25) is 0 Å². The minimum absolute atomic E-state index is 0.584. The van der Waals surface area contributed by atoms with Crippen LogP contribution >= 0.6 is 0 Å². The second-order valence-electron chi connectivity index (χ2n) is 4.68. The molecule has 2 nitrogen and oxygen atoms in total. The predicted octanol–water partition coefficient (Wildman–Crippen LogP) is 2.38. The van der Waals surface area contributed by atoms with Gasteiger partial charge in [-0.05, 0) is 44.4 Å². The molecule has 1 spiro atoms. The average molecular weight is 188 g/mol. The Morgan fingerprint density at radius 3 is 2.86 bits per heavy atom. The number of nitrogens with zero attached hydrogens (tertiary/aromatic N) is 2. The van der Waals surface area contributed by atoms with E-state index in [1.807, 2.05) is 18.5 Å². The minimum atomic E-state index is 0.584. The molecule has 1 aromatic heterocycles. The Hall–Kier alpha value is -0.890. The van der Waals surface area contributed by atoms with E-state index >= 15 is 0 Å². The lowest BCUT2D eigenvalue weighted by molar-refractivity contribution is 0.226. The first kappa shape index (κ1) is 8.42. The number of aromatic nitrogens is 1. The van der Waals surface area contributed by atoms with Gasteiger partial charge in [-0.2, -0.15) is 0 Å². The highest BCUT2D eigenvalue weighted by Crippen LogP contribution is 2.54. The Balaban J connectivity index is 1.87. The largest absolute Gasteiger partial charge is 0.294 e. The molecule has 2 heterocycles. The zero-order valence-corrected chi connectivity index (χ0v) is 8.61. The van der Waals surface area contributed by atoms with Crippen molar-refractivity contribution in [3.8, 4) is 0 Å². The molecule has 74 valence electrons. The lowest BCUT2D eigenvalue weighted by Gasteiger charge is -2.25. The smallest absolute Gasteiger partial charge is 0.0366 e. The van der Waals surface area contributed by atoms with E-state index in [1.54, 1.807) is 0 Å². The molecule has 1 saturated heterocycles. The van der Waals surface area contributed by atoms with Crippen molar-refractivity contribution in [2.45, 2.75) is 37.3 Å². The van der Waals surface area contributed by atoms with Crippen molar-refractivity contribution in [3.05, 3.63) is 30.1 Å². The van der Waals surface area contributed by atoms with Crippen LogP contribution in [0.5, 0.6) is 0 Å². The topological polar surface area (TPSA) is 16.1 Å². The summed E-state index contributed by atoms with van der Waals surface area (Å²) < 4.78 is 0. The lowest BCUT2D eigenvalue weighted by atomic mass is 10.1. The van der Waals surface area contributed by atoms with Crippen LogP contribution in [0.25, 0.3) is 0 Å². The van der Waals surface area contributed by atoms with Gasteiger partial charge in [0, 0.05) is 24.0 Å². The Kier molecular flexibility index (Phi) is 1.68. The van der Waals surface area contributed by atoms with Gasteiger partial charge in [0.05, 0.1) is 0 Å². The van der Waals surface area contributed by atoms with Gasteiger partial charge < -0.3 is 0 Å². The van der Waals surface area contributed by atoms with E-state index in [1.165, 1.54) is 31.2 Å². The van der Waals surface area contributed by atoms with Gasteiger partial charge >= 0.3 is 0 Å². The highest BCUT2D eigenvalue weighted by molar-refractivity contribution is 5.20. The van der Waals surface area contributed by atoms with Crippen molar-refractivity contribution < 1.29 is 0 Å². The third-order valence-electron chi connectivity index (χ3n) is 4.00. The van der Waals surface area contributed by atoms with Gasteiger partial charge in [-0.25, -0.2) is 0 Å². The van der Waals surface area contributed by atoms with Crippen LogP contribution in [0.1, 0.15) is 37.3 Å². The molecule has 1 atom stereocenters. The lowest BCUT2D eigenvalue weighted by Crippen LogP contribution is -2.28. The summed E-state index contributed by atoms with van der Waals surface area (Å²) in [6.07, 6.45) is 9.36. The third-order valence-corrected chi connectivity index (χ3v) is 4.00. The molecule has 14 heavy (non-hydrogen) atoms. The second-order valence-corrected chi connectivity index (χ2v) is 4.68. The van der Waals surface area contributed by atoms with E-state index < -0.39 is 0 Å². The van der Waals surface area contributed by atoms with E-state index in [2.05, 4.69) is 23.0 Å². The molecule has 1 aromatic rings. The Morgan fingerprint density at radius 2 is 2.29 bits per heavy atom. The highest BCUT2D eigenvalue weighted by atomic mass is 15.3. The Morgan fingerprint density at radius 1 is 1.43 bits per heavy atom. The molecule has 1 aliphatic carbocycles. The van der Waals surface area contributed by atoms with E-state index in [9.17, 15) is 0 Å². The van der Waals surface area contributed by atoms with Crippen molar-refractivity contribution in [1.82, 2.24) is 9.88 Å². The number of pyridine rings is 1. The van der Waals surface area contributed by atoms with Gasteiger partial charge in [-0.1, -0.05) is 6.07 Å². The van der Waals surface area contributed by atoms with Crippen LogP contribution in [0.4, 0.5) is 0 Å². The molecule has 0 N–H and O–H groups in total.